The van der Waals surface area contributed by atoms with Gasteiger partial charge in [-0.2, -0.15) is 0 Å². The molecule has 0 aliphatic carbocycles. The number of benzene rings is 2. The topological polar surface area (TPSA) is 49.8 Å². The first kappa shape index (κ1) is 18.6. The Bertz CT molecular complexity index is 736. The molecule has 0 unspecified atom stereocenters. The highest BCUT2D eigenvalue weighted by Crippen LogP contribution is 2.33. The standard InChI is InChI=1S/C18H20ClNO3S/c1-12(22)20(2)10-14-8-13(11-21)4-6-17(14)23-15-5-7-18(24-3)16(19)9-15/h4-9,21H,10-11H2,1-3H3. The van der Waals surface area contributed by atoms with Gasteiger partial charge in [-0.05, 0) is 36.1 Å². The van der Waals surface area contributed by atoms with Crippen molar-refractivity contribution in [1.29, 1.82) is 0 Å². The van der Waals surface area contributed by atoms with Crippen molar-refractivity contribution in [3.8, 4) is 11.5 Å². The van der Waals surface area contributed by atoms with Gasteiger partial charge >= 0.3 is 0 Å². The molecule has 2 aromatic carbocycles. The number of hydrogen-bond donors (Lipinski definition) is 1. The van der Waals surface area contributed by atoms with Gasteiger partial charge in [0.05, 0.1) is 11.6 Å². The maximum absolute atomic E-state index is 11.5. The Kier molecular flexibility index (Phi) is 6.54. The molecular formula is C18H20ClNO3S. The van der Waals surface area contributed by atoms with Crippen molar-refractivity contribution < 1.29 is 14.6 Å². The molecule has 0 aliphatic heterocycles. The van der Waals surface area contributed by atoms with Crippen LogP contribution in [0.1, 0.15) is 18.1 Å². The largest absolute Gasteiger partial charge is 0.457 e. The van der Waals surface area contributed by atoms with E-state index in [1.807, 2.05) is 24.5 Å². The first-order valence-electron chi connectivity index (χ1n) is 7.40. The third-order valence-electron chi connectivity index (χ3n) is 3.60. The second-order valence-corrected chi connectivity index (χ2v) is 6.63. The minimum Gasteiger partial charge on any atom is -0.457 e. The van der Waals surface area contributed by atoms with E-state index in [0.717, 1.165) is 16.0 Å². The summed E-state index contributed by atoms with van der Waals surface area (Å²) < 4.78 is 5.96. The monoisotopic (exact) mass is 365 g/mol. The normalized spacial score (nSPS) is 10.5. The lowest BCUT2D eigenvalue weighted by Gasteiger charge is -2.18. The molecule has 0 saturated carbocycles. The molecule has 1 N–H and O–H groups in total. The zero-order valence-electron chi connectivity index (χ0n) is 13.9. The van der Waals surface area contributed by atoms with Crippen molar-refractivity contribution in [3.63, 3.8) is 0 Å². The zero-order valence-corrected chi connectivity index (χ0v) is 15.4. The number of aliphatic hydroxyl groups is 1. The molecule has 4 nitrogen and oxygen atoms in total. The molecule has 6 heteroatoms. The van der Waals surface area contributed by atoms with Crippen molar-refractivity contribution >= 4 is 29.3 Å². The summed E-state index contributed by atoms with van der Waals surface area (Å²) in [5.41, 5.74) is 1.59. The van der Waals surface area contributed by atoms with Crippen molar-refractivity contribution in [1.82, 2.24) is 4.90 Å². The first-order chi connectivity index (χ1) is 11.4. The fourth-order valence-electron chi connectivity index (χ4n) is 2.16. The summed E-state index contributed by atoms with van der Waals surface area (Å²) in [6.45, 7) is 1.85. The van der Waals surface area contributed by atoms with E-state index in [0.29, 0.717) is 23.1 Å². The maximum Gasteiger partial charge on any atom is 0.219 e. The second-order valence-electron chi connectivity index (χ2n) is 5.37. The van der Waals surface area contributed by atoms with E-state index >= 15 is 0 Å². The molecule has 128 valence electrons. The van der Waals surface area contributed by atoms with Gasteiger partial charge in [0, 0.05) is 37.0 Å². The average Bonchev–Trinajstić information content (AvgIpc) is 2.56. The molecule has 0 heterocycles. The molecule has 0 atom stereocenters. The molecule has 2 aromatic rings. The van der Waals surface area contributed by atoms with Gasteiger partial charge in [-0.15, -0.1) is 11.8 Å². The lowest BCUT2D eigenvalue weighted by atomic mass is 10.1. The van der Waals surface area contributed by atoms with Crippen LogP contribution in [-0.2, 0) is 17.9 Å². The molecule has 0 fully saturated rings. The van der Waals surface area contributed by atoms with Gasteiger partial charge in [-0.3, -0.25) is 4.79 Å². The first-order valence-corrected chi connectivity index (χ1v) is 9.00. The van der Waals surface area contributed by atoms with Crippen LogP contribution in [0.5, 0.6) is 11.5 Å². The SMILES string of the molecule is CSc1ccc(Oc2ccc(CO)cc2CN(C)C(C)=O)cc1Cl. The van der Waals surface area contributed by atoms with Gasteiger partial charge in [-0.1, -0.05) is 17.7 Å². The van der Waals surface area contributed by atoms with Crippen LogP contribution in [0.2, 0.25) is 5.02 Å². The molecule has 0 radical (unpaired) electrons. The van der Waals surface area contributed by atoms with Crippen LogP contribution in [0, 0.1) is 0 Å². The van der Waals surface area contributed by atoms with Crippen LogP contribution >= 0.6 is 23.4 Å². The summed E-state index contributed by atoms with van der Waals surface area (Å²) in [7, 11) is 1.72. The Morgan fingerprint density at radius 1 is 1.29 bits per heavy atom. The summed E-state index contributed by atoms with van der Waals surface area (Å²) in [6, 6.07) is 11.0. The summed E-state index contributed by atoms with van der Waals surface area (Å²) in [5.74, 6) is 1.22. The highest BCUT2D eigenvalue weighted by Gasteiger charge is 2.12. The fourth-order valence-corrected chi connectivity index (χ4v) is 3.02. The molecule has 0 aliphatic rings. The smallest absolute Gasteiger partial charge is 0.219 e. The molecule has 1 amide bonds. The van der Waals surface area contributed by atoms with Crippen LogP contribution < -0.4 is 4.74 Å². The highest BCUT2D eigenvalue weighted by atomic mass is 35.5. The molecular weight excluding hydrogens is 346 g/mol. The van der Waals surface area contributed by atoms with Gasteiger partial charge in [0.2, 0.25) is 5.91 Å². The summed E-state index contributed by atoms with van der Waals surface area (Å²) in [6.07, 6.45) is 1.96. The van der Waals surface area contributed by atoms with E-state index in [1.54, 1.807) is 41.9 Å². The Labute approximate surface area is 151 Å². The van der Waals surface area contributed by atoms with Gasteiger partial charge in [0.15, 0.2) is 0 Å². The number of carbonyl (C=O) groups is 1. The highest BCUT2D eigenvalue weighted by molar-refractivity contribution is 7.98. The number of rotatable bonds is 6. The van der Waals surface area contributed by atoms with Crippen LogP contribution in [0.25, 0.3) is 0 Å². The van der Waals surface area contributed by atoms with Crippen molar-refractivity contribution in [2.24, 2.45) is 0 Å². The van der Waals surface area contributed by atoms with Gasteiger partial charge in [-0.25, -0.2) is 0 Å². The predicted molar refractivity (Wildman–Crippen MR) is 97.8 cm³/mol. The summed E-state index contributed by atoms with van der Waals surface area (Å²) >= 11 is 7.79. The van der Waals surface area contributed by atoms with Gasteiger partial charge < -0.3 is 14.7 Å². The van der Waals surface area contributed by atoms with Crippen LogP contribution in [-0.4, -0.2) is 29.2 Å². The molecule has 24 heavy (non-hydrogen) atoms. The molecule has 0 spiro atoms. The minimum absolute atomic E-state index is 0.0391. The van der Waals surface area contributed by atoms with E-state index in [2.05, 4.69) is 0 Å². The minimum atomic E-state index is -0.0642. The average molecular weight is 366 g/mol. The number of hydrogen-bond acceptors (Lipinski definition) is 4. The summed E-state index contributed by atoms with van der Waals surface area (Å²) in [5, 5.41) is 9.97. The Hall–Kier alpha value is -1.69. The van der Waals surface area contributed by atoms with E-state index in [-0.39, 0.29) is 12.5 Å². The number of carbonyl (C=O) groups excluding carboxylic acids is 1. The quantitative estimate of drug-likeness (QED) is 0.774. The number of aliphatic hydroxyl groups excluding tert-OH is 1. The summed E-state index contributed by atoms with van der Waals surface area (Å²) in [4.78, 5) is 14.1. The number of halogens is 1. The van der Waals surface area contributed by atoms with E-state index in [1.165, 1.54) is 6.92 Å². The molecule has 0 saturated heterocycles. The Morgan fingerprint density at radius 2 is 2.04 bits per heavy atom. The number of amides is 1. The zero-order chi connectivity index (χ0) is 17.7. The molecule has 2 rings (SSSR count). The van der Waals surface area contributed by atoms with Crippen LogP contribution in [0.15, 0.2) is 41.3 Å². The van der Waals surface area contributed by atoms with E-state index in [9.17, 15) is 9.90 Å². The van der Waals surface area contributed by atoms with Gasteiger partial charge in [0.25, 0.3) is 0 Å². The second kappa shape index (κ2) is 8.42. The number of ether oxygens (including phenoxy) is 1. The van der Waals surface area contributed by atoms with Crippen LogP contribution in [0.3, 0.4) is 0 Å². The molecule has 0 aromatic heterocycles. The lowest BCUT2D eigenvalue weighted by Crippen LogP contribution is -2.23. The van der Waals surface area contributed by atoms with Crippen molar-refractivity contribution in [3.05, 3.63) is 52.5 Å². The third-order valence-corrected chi connectivity index (χ3v) is 4.82. The lowest BCUT2D eigenvalue weighted by molar-refractivity contribution is -0.128. The number of nitrogens with zero attached hydrogens (tertiary/aromatic N) is 1. The Morgan fingerprint density at radius 3 is 2.62 bits per heavy atom. The maximum atomic E-state index is 11.5. The third kappa shape index (κ3) is 4.66. The van der Waals surface area contributed by atoms with E-state index in [4.69, 9.17) is 16.3 Å². The van der Waals surface area contributed by atoms with Crippen LogP contribution in [0.4, 0.5) is 0 Å². The number of thioether (sulfide) groups is 1. The predicted octanol–water partition coefficient (Wildman–Crippen LogP) is 4.32. The van der Waals surface area contributed by atoms with Crippen molar-refractivity contribution in [2.45, 2.75) is 25.0 Å². The molecule has 0 bridgehead atoms. The van der Waals surface area contributed by atoms with Crippen molar-refractivity contribution in [2.75, 3.05) is 13.3 Å². The van der Waals surface area contributed by atoms with E-state index < -0.39 is 0 Å². The van der Waals surface area contributed by atoms with Gasteiger partial charge in [0.1, 0.15) is 11.5 Å². The fraction of sp³-hybridized carbons (Fsp3) is 0.278. The Balaban J connectivity index is 2.31.